The molecule has 0 spiro atoms. The fourth-order valence-corrected chi connectivity index (χ4v) is 4.08. The van der Waals surface area contributed by atoms with Crippen molar-refractivity contribution in [2.75, 3.05) is 66.1 Å². The molecule has 0 aromatic heterocycles. The van der Waals surface area contributed by atoms with Crippen molar-refractivity contribution in [3.05, 3.63) is 29.8 Å². The van der Waals surface area contributed by atoms with Crippen LogP contribution in [0.1, 0.15) is 31.7 Å². The quantitative estimate of drug-likeness (QED) is 0.473. The summed E-state index contributed by atoms with van der Waals surface area (Å²) in [7, 11) is 1.84. The third-order valence-corrected chi connectivity index (χ3v) is 5.88. The minimum Gasteiger partial charge on any atom is -0.492 e. The van der Waals surface area contributed by atoms with Crippen LogP contribution in [0.3, 0.4) is 0 Å². The number of aliphatic imine (C=N–C) groups is 1. The molecule has 2 fully saturated rings. The molecule has 0 amide bonds. The van der Waals surface area contributed by atoms with Crippen LogP contribution in [0.5, 0.6) is 5.75 Å². The largest absolute Gasteiger partial charge is 0.492 e. The van der Waals surface area contributed by atoms with E-state index >= 15 is 0 Å². The van der Waals surface area contributed by atoms with E-state index in [9.17, 15) is 0 Å². The average molecular weight is 418 g/mol. The summed E-state index contributed by atoms with van der Waals surface area (Å²) in [4.78, 5) is 9.37. The zero-order valence-electron chi connectivity index (χ0n) is 18.7. The predicted octanol–water partition coefficient (Wildman–Crippen LogP) is 1.94. The summed E-state index contributed by atoms with van der Waals surface area (Å²) >= 11 is 0. The highest BCUT2D eigenvalue weighted by Crippen LogP contribution is 2.18. The first-order valence-corrected chi connectivity index (χ1v) is 11.5. The molecule has 168 valence electrons. The zero-order chi connectivity index (χ0) is 21.0. The summed E-state index contributed by atoms with van der Waals surface area (Å²) in [5.41, 5.74) is 1.15. The summed E-state index contributed by atoms with van der Waals surface area (Å²) in [5, 5.41) is 7.06. The summed E-state index contributed by atoms with van der Waals surface area (Å²) in [6.07, 6.45) is 3.57. The molecule has 2 aliphatic rings. The van der Waals surface area contributed by atoms with Gasteiger partial charge in [-0.25, -0.2) is 0 Å². The molecule has 1 aromatic rings. The second-order valence-corrected chi connectivity index (χ2v) is 8.10. The molecule has 1 aromatic carbocycles. The van der Waals surface area contributed by atoms with Gasteiger partial charge in [0.25, 0.3) is 0 Å². The Bertz CT molecular complexity index is 640. The third-order valence-electron chi connectivity index (χ3n) is 5.88. The highest BCUT2D eigenvalue weighted by atomic mass is 16.5. The molecule has 3 rings (SSSR count). The lowest BCUT2D eigenvalue weighted by molar-refractivity contribution is 0.0322. The number of ether oxygens (including phenoxy) is 2. The van der Waals surface area contributed by atoms with Crippen LogP contribution in [-0.2, 0) is 11.3 Å². The van der Waals surface area contributed by atoms with Gasteiger partial charge in [0.15, 0.2) is 5.96 Å². The number of para-hydroxylation sites is 1. The van der Waals surface area contributed by atoms with Gasteiger partial charge in [0, 0.05) is 57.9 Å². The molecule has 0 atom stereocenters. The third kappa shape index (κ3) is 7.45. The van der Waals surface area contributed by atoms with Crippen molar-refractivity contribution in [2.45, 2.75) is 38.8 Å². The van der Waals surface area contributed by atoms with Crippen molar-refractivity contribution in [1.29, 1.82) is 0 Å². The van der Waals surface area contributed by atoms with Gasteiger partial charge in [0.2, 0.25) is 0 Å². The maximum atomic E-state index is 6.10. The highest BCUT2D eigenvalue weighted by molar-refractivity contribution is 5.80. The minimum absolute atomic E-state index is 0.490. The van der Waals surface area contributed by atoms with Gasteiger partial charge in [-0.2, -0.15) is 0 Å². The molecule has 30 heavy (non-hydrogen) atoms. The van der Waals surface area contributed by atoms with Crippen LogP contribution in [-0.4, -0.2) is 87.9 Å². The topological polar surface area (TPSA) is 61.4 Å². The van der Waals surface area contributed by atoms with Crippen molar-refractivity contribution < 1.29 is 9.47 Å². The molecule has 0 bridgehead atoms. The van der Waals surface area contributed by atoms with Gasteiger partial charge < -0.3 is 25.0 Å². The van der Waals surface area contributed by atoms with Crippen LogP contribution in [0.15, 0.2) is 29.3 Å². The molecular formula is C23H39N5O2. The molecular weight excluding hydrogens is 378 g/mol. The van der Waals surface area contributed by atoms with Gasteiger partial charge >= 0.3 is 0 Å². The molecule has 0 unspecified atom stereocenters. The number of nitrogens with one attached hydrogen (secondary N) is 2. The van der Waals surface area contributed by atoms with Crippen molar-refractivity contribution in [1.82, 2.24) is 20.4 Å². The van der Waals surface area contributed by atoms with E-state index in [0.29, 0.717) is 19.2 Å². The van der Waals surface area contributed by atoms with E-state index in [4.69, 9.17) is 9.47 Å². The smallest absolute Gasteiger partial charge is 0.191 e. The van der Waals surface area contributed by atoms with Crippen LogP contribution >= 0.6 is 0 Å². The van der Waals surface area contributed by atoms with E-state index in [0.717, 1.165) is 50.1 Å². The first-order chi connectivity index (χ1) is 14.8. The van der Waals surface area contributed by atoms with Crippen molar-refractivity contribution in [2.24, 2.45) is 4.99 Å². The molecule has 7 nitrogen and oxygen atoms in total. The Morgan fingerprint density at radius 3 is 2.57 bits per heavy atom. The Labute approximate surface area is 181 Å². The van der Waals surface area contributed by atoms with Gasteiger partial charge in [0.1, 0.15) is 12.4 Å². The number of morpholine rings is 1. The van der Waals surface area contributed by atoms with Crippen LogP contribution < -0.4 is 15.4 Å². The van der Waals surface area contributed by atoms with E-state index in [-0.39, 0.29) is 0 Å². The fourth-order valence-electron chi connectivity index (χ4n) is 4.08. The van der Waals surface area contributed by atoms with E-state index in [1.165, 1.54) is 38.9 Å². The Balaban J connectivity index is 1.42. The van der Waals surface area contributed by atoms with E-state index < -0.39 is 0 Å². The SMILES string of the molecule is CCCN1CCC(NC(=NC)NCc2ccccc2OCCN2CCOCC2)CC1. The lowest BCUT2D eigenvalue weighted by atomic mass is 10.1. The van der Waals surface area contributed by atoms with Gasteiger partial charge in [-0.15, -0.1) is 0 Å². The standard InChI is InChI=1S/C23H39N5O2/c1-3-10-27-11-8-21(9-12-27)26-23(24-2)25-19-20-6-4-5-7-22(20)30-18-15-28-13-16-29-17-14-28/h4-7,21H,3,8-19H2,1-2H3,(H2,24,25,26). The number of hydrogen-bond donors (Lipinski definition) is 2. The zero-order valence-corrected chi connectivity index (χ0v) is 18.7. The van der Waals surface area contributed by atoms with Crippen LogP contribution in [0.25, 0.3) is 0 Å². The molecule has 2 aliphatic heterocycles. The van der Waals surface area contributed by atoms with Gasteiger partial charge in [-0.1, -0.05) is 25.1 Å². The summed E-state index contributed by atoms with van der Waals surface area (Å²) < 4.78 is 11.5. The van der Waals surface area contributed by atoms with Gasteiger partial charge in [0.05, 0.1) is 13.2 Å². The number of benzene rings is 1. The molecule has 0 aliphatic carbocycles. The number of piperidine rings is 1. The lowest BCUT2D eigenvalue weighted by Crippen LogP contribution is -2.48. The van der Waals surface area contributed by atoms with E-state index in [2.05, 4.69) is 50.5 Å². The minimum atomic E-state index is 0.490. The maximum absolute atomic E-state index is 6.10. The van der Waals surface area contributed by atoms with Crippen LogP contribution in [0.2, 0.25) is 0 Å². The predicted molar refractivity (Wildman–Crippen MR) is 122 cm³/mol. The average Bonchev–Trinajstić information content (AvgIpc) is 2.79. The Morgan fingerprint density at radius 2 is 1.83 bits per heavy atom. The maximum Gasteiger partial charge on any atom is 0.191 e. The Kier molecular flexibility index (Phi) is 9.73. The summed E-state index contributed by atoms with van der Waals surface area (Å²) in [6.45, 7) is 11.8. The van der Waals surface area contributed by atoms with Crippen molar-refractivity contribution >= 4 is 5.96 Å². The molecule has 0 saturated carbocycles. The molecule has 2 N–H and O–H groups in total. The fraction of sp³-hybridized carbons (Fsp3) is 0.696. The Morgan fingerprint density at radius 1 is 1.10 bits per heavy atom. The second kappa shape index (κ2) is 12.8. The molecule has 2 heterocycles. The second-order valence-electron chi connectivity index (χ2n) is 8.10. The first-order valence-electron chi connectivity index (χ1n) is 11.5. The van der Waals surface area contributed by atoms with E-state index in [1.54, 1.807) is 0 Å². The van der Waals surface area contributed by atoms with Gasteiger partial charge in [-0.3, -0.25) is 9.89 Å². The normalized spacial score (nSPS) is 19.6. The van der Waals surface area contributed by atoms with Crippen molar-refractivity contribution in [3.63, 3.8) is 0 Å². The molecule has 0 radical (unpaired) electrons. The van der Waals surface area contributed by atoms with Crippen molar-refractivity contribution in [3.8, 4) is 5.75 Å². The monoisotopic (exact) mass is 417 g/mol. The number of likely N-dealkylation sites (tertiary alicyclic amines) is 1. The molecule has 7 heteroatoms. The number of rotatable bonds is 9. The Hall–Kier alpha value is -1.83. The summed E-state index contributed by atoms with van der Waals surface area (Å²) in [6, 6.07) is 8.75. The number of nitrogens with zero attached hydrogens (tertiary/aromatic N) is 3. The molecule has 2 saturated heterocycles. The first kappa shape index (κ1) is 22.8. The van der Waals surface area contributed by atoms with E-state index in [1.807, 2.05) is 13.1 Å². The van der Waals surface area contributed by atoms with Crippen LogP contribution in [0, 0.1) is 0 Å². The number of hydrogen-bond acceptors (Lipinski definition) is 5. The highest BCUT2D eigenvalue weighted by Gasteiger charge is 2.19. The van der Waals surface area contributed by atoms with Gasteiger partial charge in [-0.05, 0) is 31.9 Å². The van der Waals surface area contributed by atoms with Crippen LogP contribution in [0.4, 0.5) is 0 Å². The number of guanidine groups is 1. The lowest BCUT2D eigenvalue weighted by Gasteiger charge is -2.32. The summed E-state index contributed by atoms with van der Waals surface area (Å²) in [5.74, 6) is 1.81.